The van der Waals surface area contributed by atoms with Crippen molar-refractivity contribution in [1.29, 1.82) is 0 Å². The topological polar surface area (TPSA) is 88.3 Å². The van der Waals surface area contributed by atoms with E-state index in [0.29, 0.717) is 21.2 Å². The van der Waals surface area contributed by atoms with Crippen molar-refractivity contribution < 1.29 is 0 Å². The summed E-state index contributed by atoms with van der Waals surface area (Å²) >= 11 is 7.69. The quantitative estimate of drug-likeness (QED) is 0.437. The van der Waals surface area contributed by atoms with Gasteiger partial charge in [-0.15, -0.1) is 16.2 Å². The van der Waals surface area contributed by atoms with Crippen molar-refractivity contribution >= 4 is 49.6 Å². The van der Waals surface area contributed by atoms with Crippen LogP contribution in [-0.4, -0.2) is 4.98 Å². The third-order valence-electron chi connectivity index (χ3n) is 4.65. The predicted molar refractivity (Wildman–Crippen MR) is 113 cm³/mol. The van der Waals surface area contributed by atoms with Gasteiger partial charge in [0.15, 0.2) is 0 Å². The molecule has 0 bridgehead atoms. The second kappa shape index (κ2) is 6.27. The third kappa shape index (κ3) is 2.86. The molecule has 3 N–H and O–H groups in total. The number of nitrogens with one attached hydrogen (secondary N) is 1. The highest BCUT2D eigenvalue weighted by Crippen LogP contribution is 2.43. The molecule has 0 atom stereocenters. The Hall–Kier alpha value is -2.54. The lowest BCUT2D eigenvalue weighted by Crippen LogP contribution is -2.28. The average molecular weight is 398 g/mol. The molecule has 0 fully saturated rings. The normalized spacial score (nSPS) is 12.0. The minimum atomic E-state index is -0.474. The van der Waals surface area contributed by atoms with Crippen LogP contribution in [0.2, 0.25) is 5.02 Å². The van der Waals surface area contributed by atoms with E-state index in [4.69, 9.17) is 17.3 Å². The number of hydrogen-bond donors (Lipinski definition) is 2. The average Bonchev–Trinajstić information content (AvgIpc) is 3.12. The van der Waals surface area contributed by atoms with Gasteiger partial charge in [0.05, 0.1) is 10.5 Å². The summed E-state index contributed by atoms with van der Waals surface area (Å²) < 4.78 is 0.586. The standard InChI is InChI=1S/C20H16ClN3O2S/c1-20(2,22)11-5-3-10(4-6-11)15-14(24-26)9-13(21)17-16(15)12-7-8-27-18(12)19(25)23-17/h3-9H,22H2,1-2H3,(H,23,25). The zero-order valence-corrected chi connectivity index (χ0v) is 16.2. The first-order chi connectivity index (χ1) is 12.8. The van der Waals surface area contributed by atoms with E-state index in [1.165, 1.54) is 17.4 Å². The Balaban J connectivity index is 2.13. The van der Waals surface area contributed by atoms with E-state index in [1.54, 1.807) is 0 Å². The predicted octanol–water partition coefficient (Wildman–Crippen LogP) is 5.65. The number of nitroso groups, excluding NO2 is 1. The van der Waals surface area contributed by atoms with Gasteiger partial charge in [0.1, 0.15) is 10.4 Å². The van der Waals surface area contributed by atoms with Gasteiger partial charge in [-0.1, -0.05) is 35.9 Å². The summed E-state index contributed by atoms with van der Waals surface area (Å²) in [5, 5.41) is 6.80. The smallest absolute Gasteiger partial charge is 0.266 e. The van der Waals surface area contributed by atoms with E-state index < -0.39 is 5.54 Å². The molecule has 0 unspecified atom stereocenters. The van der Waals surface area contributed by atoms with Gasteiger partial charge < -0.3 is 10.7 Å². The summed E-state index contributed by atoms with van der Waals surface area (Å²) in [5.74, 6) is 0. The minimum Gasteiger partial charge on any atom is -0.322 e. The first kappa shape index (κ1) is 17.9. The molecule has 0 aliphatic carbocycles. The highest BCUT2D eigenvalue weighted by molar-refractivity contribution is 7.17. The van der Waals surface area contributed by atoms with E-state index in [2.05, 4.69) is 10.2 Å². The maximum atomic E-state index is 12.4. The van der Waals surface area contributed by atoms with Crippen LogP contribution >= 0.6 is 22.9 Å². The van der Waals surface area contributed by atoms with Crippen molar-refractivity contribution in [3.05, 3.63) is 67.6 Å². The van der Waals surface area contributed by atoms with Crippen molar-refractivity contribution in [2.45, 2.75) is 19.4 Å². The Morgan fingerprint density at radius 1 is 1.19 bits per heavy atom. The lowest BCUT2D eigenvalue weighted by molar-refractivity contribution is 0.554. The van der Waals surface area contributed by atoms with Gasteiger partial charge in [-0.05, 0) is 47.7 Å². The lowest BCUT2D eigenvalue weighted by Gasteiger charge is -2.20. The maximum Gasteiger partial charge on any atom is 0.266 e. The van der Waals surface area contributed by atoms with Crippen LogP contribution in [0.1, 0.15) is 19.4 Å². The van der Waals surface area contributed by atoms with Gasteiger partial charge in [0.2, 0.25) is 0 Å². The Bertz CT molecular complexity index is 1250. The summed E-state index contributed by atoms with van der Waals surface area (Å²) in [7, 11) is 0. The zero-order valence-electron chi connectivity index (χ0n) is 14.7. The summed E-state index contributed by atoms with van der Waals surface area (Å²) in [6.45, 7) is 3.86. The molecule has 7 heteroatoms. The van der Waals surface area contributed by atoms with Crippen molar-refractivity contribution in [2.24, 2.45) is 10.9 Å². The van der Waals surface area contributed by atoms with Crippen LogP contribution in [0.4, 0.5) is 5.69 Å². The minimum absolute atomic E-state index is 0.201. The molecule has 0 saturated carbocycles. The van der Waals surface area contributed by atoms with E-state index in [-0.39, 0.29) is 16.3 Å². The van der Waals surface area contributed by atoms with Crippen molar-refractivity contribution in [3.8, 4) is 11.1 Å². The number of halogens is 1. The number of nitrogens with zero attached hydrogens (tertiary/aromatic N) is 1. The van der Waals surface area contributed by atoms with Crippen molar-refractivity contribution in [3.63, 3.8) is 0 Å². The molecule has 2 aromatic heterocycles. The van der Waals surface area contributed by atoms with E-state index in [9.17, 15) is 9.70 Å². The number of H-pyrrole nitrogens is 1. The number of nitrogens with two attached hydrogens (primary N) is 1. The monoisotopic (exact) mass is 397 g/mol. The first-order valence-electron chi connectivity index (χ1n) is 8.30. The molecule has 0 aliphatic rings. The molecule has 136 valence electrons. The Morgan fingerprint density at radius 3 is 2.52 bits per heavy atom. The molecule has 2 heterocycles. The molecule has 27 heavy (non-hydrogen) atoms. The second-order valence-electron chi connectivity index (χ2n) is 7.01. The molecule has 4 rings (SSSR count). The molecule has 5 nitrogen and oxygen atoms in total. The number of benzene rings is 2. The van der Waals surface area contributed by atoms with E-state index >= 15 is 0 Å². The molecular weight excluding hydrogens is 382 g/mol. The Labute approximate surface area is 163 Å². The van der Waals surface area contributed by atoms with E-state index in [0.717, 1.165) is 16.5 Å². The number of rotatable bonds is 3. The first-order valence-corrected chi connectivity index (χ1v) is 9.56. The van der Waals surface area contributed by atoms with Crippen LogP contribution in [0.25, 0.3) is 32.1 Å². The van der Waals surface area contributed by atoms with Gasteiger partial charge in [0, 0.05) is 21.9 Å². The fourth-order valence-electron chi connectivity index (χ4n) is 3.31. The molecule has 0 amide bonds. The Kier molecular flexibility index (Phi) is 4.14. The van der Waals surface area contributed by atoms with Crippen molar-refractivity contribution in [2.75, 3.05) is 0 Å². The number of aromatic nitrogens is 1. The van der Waals surface area contributed by atoms with Crippen molar-refractivity contribution in [1.82, 2.24) is 4.98 Å². The molecule has 0 spiro atoms. The van der Waals surface area contributed by atoms with Crippen LogP contribution < -0.4 is 11.3 Å². The second-order valence-corrected chi connectivity index (χ2v) is 8.33. The largest absolute Gasteiger partial charge is 0.322 e. The molecular formula is C20H16ClN3O2S. The maximum absolute atomic E-state index is 12.4. The number of thiophene rings is 1. The number of pyridine rings is 1. The number of fused-ring (bicyclic) bond motifs is 3. The van der Waals surface area contributed by atoms with Crippen LogP contribution in [0.3, 0.4) is 0 Å². The third-order valence-corrected chi connectivity index (χ3v) is 5.86. The molecule has 4 aromatic rings. The fourth-order valence-corrected chi connectivity index (χ4v) is 4.35. The van der Waals surface area contributed by atoms with Crippen LogP contribution in [-0.2, 0) is 5.54 Å². The highest BCUT2D eigenvalue weighted by Gasteiger charge is 2.20. The molecule has 2 aromatic carbocycles. The van der Waals surface area contributed by atoms with Crippen LogP contribution in [0.15, 0.2) is 51.7 Å². The fraction of sp³-hybridized carbons (Fsp3) is 0.150. The summed E-state index contributed by atoms with van der Waals surface area (Å²) in [6.07, 6.45) is 0. The molecule has 0 radical (unpaired) electrons. The Morgan fingerprint density at radius 2 is 1.89 bits per heavy atom. The van der Waals surface area contributed by atoms with Gasteiger partial charge in [-0.3, -0.25) is 4.79 Å². The molecule has 0 aliphatic heterocycles. The zero-order chi connectivity index (χ0) is 19.3. The van der Waals surface area contributed by atoms with E-state index in [1.807, 2.05) is 49.6 Å². The van der Waals surface area contributed by atoms with Gasteiger partial charge in [-0.25, -0.2) is 0 Å². The lowest BCUT2D eigenvalue weighted by atomic mass is 9.91. The summed E-state index contributed by atoms with van der Waals surface area (Å²) in [6, 6.07) is 11.0. The molecule has 0 saturated heterocycles. The van der Waals surface area contributed by atoms with Crippen LogP contribution in [0, 0.1) is 4.91 Å². The number of hydrogen-bond acceptors (Lipinski definition) is 5. The van der Waals surface area contributed by atoms with Gasteiger partial charge in [-0.2, -0.15) is 0 Å². The highest BCUT2D eigenvalue weighted by atomic mass is 35.5. The summed E-state index contributed by atoms with van der Waals surface area (Å²) in [4.78, 5) is 26.8. The SMILES string of the molecule is CC(C)(N)c1ccc(-c2c(N=O)cc(Cl)c3[nH]c(=O)c4sccc4c23)cc1. The van der Waals surface area contributed by atoms with Crippen LogP contribution in [0.5, 0.6) is 0 Å². The van der Waals surface area contributed by atoms with Gasteiger partial charge in [0.25, 0.3) is 5.56 Å². The van der Waals surface area contributed by atoms with Gasteiger partial charge >= 0.3 is 0 Å². The number of aromatic amines is 1. The summed E-state index contributed by atoms with van der Waals surface area (Å²) in [5.41, 5.74) is 8.64.